The van der Waals surface area contributed by atoms with Gasteiger partial charge in [0, 0.05) is 19.4 Å². The molecular weight excluding hydrogens is 574 g/mol. The normalized spacial score (nSPS) is 36.0. The van der Waals surface area contributed by atoms with Crippen molar-refractivity contribution in [2.75, 3.05) is 6.54 Å². The van der Waals surface area contributed by atoms with E-state index in [4.69, 9.17) is 10.8 Å². The molecule has 11 atom stereocenters. The van der Waals surface area contributed by atoms with Crippen LogP contribution >= 0.6 is 0 Å². The molecule has 4 saturated carbocycles. The maximum Gasteiger partial charge on any atom is 0.326 e. The number of aliphatic hydroxyl groups excluding tert-OH is 1. The van der Waals surface area contributed by atoms with E-state index in [1.165, 1.54) is 38.5 Å². The highest BCUT2D eigenvalue weighted by Crippen LogP contribution is 2.68. The van der Waals surface area contributed by atoms with E-state index >= 15 is 0 Å². The number of carboxylic acids is 2. The summed E-state index contributed by atoms with van der Waals surface area (Å²) in [5.74, 6) is 1.08. The number of hydrogen-bond acceptors (Lipinski definition) is 6. The average Bonchev–Trinajstić information content (AvgIpc) is 3.35. The quantitative estimate of drug-likeness (QED) is 0.143. The molecule has 7 N–H and O–H groups in total. The molecule has 256 valence electrons. The third kappa shape index (κ3) is 8.21. The Balaban J connectivity index is 1.20. The fraction of sp³-hybridized carbons (Fsp3) is 0.886. The number of nitrogens with one attached hydrogen (secondary N) is 2. The maximum atomic E-state index is 12.9. The van der Waals surface area contributed by atoms with Crippen LogP contribution in [0.4, 0.5) is 0 Å². The van der Waals surface area contributed by atoms with Gasteiger partial charge in [0.05, 0.1) is 6.10 Å². The lowest BCUT2D eigenvalue weighted by Gasteiger charge is -2.61. The van der Waals surface area contributed by atoms with Gasteiger partial charge >= 0.3 is 11.9 Å². The average molecular weight is 634 g/mol. The van der Waals surface area contributed by atoms with Gasteiger partial charge in [-0.3, -0.25) is 14.4 Å². The molecule has 0 aromatic rings. The zero-order chi connectivity index (χ0) is 32.9. The summed E-state index contributed by atoms with van der Waals surface area (Å²) < 4.78 is 0. The van der Waals surface area contributed by atoms with E-state index in [-0.39, 0.29) is 42.6 Å². The smallest absolute Gasteiger partial charge is 0.326 e. The molecule has 0 bridgehead atoms. The van der Waals surface area contributed by atoms with Gasteiger partial charge < -0.3 is 31.7 Å². The molecule has 0 aromatic carbocycles. The first-order valence-electron chi connectivity index (χ1n) is 17.7. The van der Waals surface area contributed by atoms with Crippen LogP contribution in [0.25, 0.3) is 0 Å². The number of carboxylic acid groups (broad SMARTS) is 2. The van der Waals surface area contributed by atoms with E-state index in [0.717, 1.165) is 43.4 Å². The van der Waals surface area contributed by atoms with Crippen molar-refractivity contribution in [2.45, 2.75) is 142 Å². The van der Waals surface area contributed by atoms with Crippen LogP contribution in [0.1, 0.15) is 124 Å². The number of amides is 2. The Morgan fingerprint density at radius 2 is 1.51 bits per heavy atom. The number of carbonyl (C=O) groups excluding carboxylic acids is 2. The molecule has 4 fully saturated rings. The van der Waals surface area contributed by atoms with Gasteiger partial charge in [-0.15, -0.1) is 0 Å². The Bertz CT molecular complexity index is 1070. The molecule has 2 amide bonds. The van der Waals surface area contributed by atoms with Gasteiger partial charge in [0.15, 0.2) is 0 Å². The molecule has 4 rings (SSSR count). The van der Waals surface area contributed by atoms with E-state index in [9.17, 15) is 29.4 Å². The number of aliphatic hydroxyl groups is 1. The van der Waals surface area contributed by atoms with E-state index in [0.29, 0.717) is 49.0 Å². The summed E-state index contributed by atoms with van der Waals surface area (Å²) in [6.45, 7) is 7.67. The number of carbonyl (C=O) groups is 4. The van der Waals surface area contributed by atoms with Gasteiger partial charge in [-0.2, -0.15) is 0 Å². The number of fused-ring (bicyclic) bond motifs is 5. The predicted molar refractivity (Wildman–Crippen MR) is 171 cm³/mol. The van der Waals surface area contributed by atoms with Gasteiger partial charge in [-0.05, 0) is 136 Å². The highest BCUT2D eigenvalue weighted by molar-refractivity contribution is 5.84. The summed E-state index contributed by atoms with van der Waals surface area (Å²) in [7, 11) is 0. The molecule has 4 aliphatic rings. The first-order valence-corrected chi connectivity index (χ1v) is 17.7. The van der Waals surface area contributed by atoms with Crippen molar-refractivity contribution in [3.05, 3.63) is 0 Å². The van der Waals surface area contributed by atoms with Gasteiger partial charge in [0.2, 0.25) is 11.8 Å². The summed E-state index contributed by atoms with van der Waals surface area (Å²) in [5, 5.41) is 34.2. The lowest BCUT2D eigenvalue weighted by atomic mass is 9.44. The first kappa shape index (κ1) is 35.7. The number of aliphatic carboxylic acids is 2. The zero-order valence-electron chi connectivity index (χ0n) is 27.8. The lowest BCUT2D eigenvalue weighted by molar-refractivity contribution is -0.142. The number of hydrogen-bond donors (Lipinski definition) is 6. The minimum Gasteiger partial charge on any atom is -0.480 e. The Kier molecular flexibility index (Phi) is 12.0. The molecule has 10 nitrogen and oxygen atoms in total. The molecule has 4 unspecified atom stereocenters. The fourth-order valence-electron chi connectivity index (χ4n) is 10.5. The first-order chi connectivity index (χ1) is 21.3. The van der Waals surface area contributed by atoms with E-state index in [1.54, 1.807) is 0 Å². The van der Waals surface area contributed by atoms with Crippen molar-refractivity contribution in [3.63, 3.8) is 0 Å². The molecule has 45 heavy (non-hydrogen) atoms. The van der Waals surface area contributed by atoms with Gasteiger partial charge in [-0.1, -0.05) is 20.8 Å². The molecule has 0 aliphatic heterocycles. The summed E-state index contributed by atoms with van der Waals surface area (Å²) in [6.07, 6.45) is 12.9. The van der Waals surface area contributed by atoms with Crippen molar-refractivity contribution in [3.8, 4) is 0 Å². The topological polar surface area (TPSA) is 179 Å². The molecule has 0 spiro atoms. The molecule has 0 aromatic heterocycles. The highest BCUT2D eigenvalue weighted by Gasteiger charge is 2.60. The SMILES string of the molecule is C[C@H](CCC(=O)N[C@@H](CCC(=O)NCCCC[C@H](N)C(=O)O)C(=O)O)[C@H]1CCC2C3CCC4C[C@H](O)CC[C@]4(C)C3CC[C@@]21C. The van der Waals surface area contributed by atoms with Crippen molar-refractivity contribution in [2.24, 2.45) is 52.1 Å². The molecule has 10 heteroatoms. The summed E-state index contributed by atoms with van der Waals surface area (Å²) in [6, 6.07) is -2.03. The third-order valence-corrected chi connectivity index (χ3v) is 13.1. The van der Waals surface area contributed by atoms with Crippen LogP contribution in [0.15, 0.2) is 0 Å². The predicted octanol–water partition coefficient (Wildman–Crippen LogP) is 4.47. The van der Waals surface area contributed by atoms with Crippen molar-refractivity contribution >= 4 is 23.8 Å². The van der Waals surface area contributed by atoms with Crippen LogP contribution < -0.4 is 16.4 Å². The highest BCUT2D eigenvalue weighted by atomic mass is 16.4. The van der Waals surface area contributed by atoms with E-state index in [2.05, 4.69) is 31.4 Å². The van der Waals surface area contributed by atoms with Crippen LogP contribution in [0.3, 0.4) is 0 Å². The minimum atomic E-state index is -1.15. The number of nitrogens with two attached hydrogens (primary N) is 1. The maximum absolute atomic E-state index is 12.9. The molecule has 4 aliphatic carbocycles. The van der Waals surface area contributed by atoms with Crippen LogP contribution in [-0.2, 0) is 19.2 Å². The lowest BCUT2D eigenvalue weighted by Crippen LogP contribution is -2.54. The number of unbranched alkanes of at least 4 members (excludes halogenated alkanes) is 1. The second-order valence-corrected chi connectivity index (χ2v) is 15.6. The van der Waals surface area contributed by atoms with E-state index < -0.39 is 24.0 Å². The van der Waals surface area contributed by atoms with Crippen LogP contribution in [0, 0.1) is 46.3 Å². The molecule has 0 heterocycles. The van der Waals surface area contributed by atoms with Gasteiger partial charge in [0.1, 0.15) is 12.1 Å². The second kappa shape index (κ2) is 15.1. The van der Waals surface area contributed by atoms with Gasteiger partial charge in [-0.25, -0.2) is 4.79 Å². The van der Waals surface area contributed by atoms with Gasteiger partial charge in [0.25, 0.3) is 0 Å². The Morgan fingerprint density at radius 1 is 0.822 bits per heavy atom. The standard InChI is InChI=1S/C35H59N3O7/c1-21(7-13-31(41)38-29(33(44)45)12-14-30(40)37-19-5-4-6-28(36)32(42)43)25-10-11-26-24-9-8-22-20-23(39)15-17-34(22,2)27(24)16-18-35(25,26)3/h21-29,39H,4-20,36H2,1-3H3,(H,37,40)(H,38,41)(H,42,43)(H,44,45)/t21-,22?,23-,24?,25-,26?,27?,28+,29+,34+,35-/m1/s1. The van der Waals surface area contributed by atoms with E-state index in [1.807, 2.05) is 0 Å². The van der Waals surface area contributed by atoms with Crippen molar-refractivity contribution < 1.29 is 34.5 Å². The second-order valence-electron chi connectivity index (χ2n) is 15.6. The summed E-state index contributed by atoms with van der Waals surface area (Å²) >= 11 is 0. The Hall–Kier alpha value is -2.20. The van der Waals surface area contributed by atoms with Crippen LogP contribution in [0.2, 0.25) is 0 Å². The molecular formula is C35H59N3O7. The van der Waals surface area contributed by atoms with Crippen LogP contribution in [-0.4, -0.2) is 63.8 Å². The molecule has 0 radical (unpaired) electrons. The van der Waals surface area contributed by atoms with Crippen molar-refractivity contribution in [1.29, 1.82) is 0 Å². The summed E-state index contributed by atoms with van der Waals surface area (Å²) in [4.78, 5) is 47.7. The summed E-state index contributed by atoms with van der Waals surface area (Å²) in [5.41, 5.74) is 6.12. The monoisotopic (exact) mass is 633 g/mol. The van der Waals surface area contributed by atoms with Crippen LogP contribution in [0.5, 0.6) is 0 Å². The number of rotatable bonds is 15. The fourth-order valence-corrected chi connectivity index (χ4v) is 10.5. The Morgan fingerprint density at radius 3 is 2.22 bits per heavy atom. The zero-order valence-corrected chi connectivity index (χ0v) is 27.8. The molecule has 0 saturated heterocycles. The Labute approximate surface area is 269 Å². The third-order valence-electron chi connectivity index (χ3n) is 13.1. The largest absolute Gasteiger partial charge is 0.480 e. The minimum absolute atomic E-state index is 0.00994. The van der Waals surface area contributed by atoms with Crippen molar-refractivity contribution in [1.82, 2.24) is 10.6 Å².